The van der Waals surface area contributed by atoms with Crippen LogP contribution in [0.3, 0.4) is 0 Å². The van der Waals surface area contributed by atoms with Crippen molar-refractivity contribution in [3.05, 3.63) is 29.8 Å². The lowest BCUT2D eigenvalue weighted by Gasteiger charge is -2.28. The molecule has 0 aromatic heterocycles. The van der Waals surface area contributed by atoms with Gasteiger partial charge in [-0.15, -0.1) is 0 Å². The van der Waals surface area contributed by atoms with E-state index >= 15 is 0 Å². The van der Waals surface area contributed by atoms with Crippen LogP contribution < -0.4 is 10.2 Å². The molecule has 2 rings (SSSR count). The van der Waals surface area contributed by atoms with E-state index in [4.69, 9.17) is 0 Å². The number of carbonyl (C=O) groups is 2. The van der Waals surface area contributed by atoms with Crippen molar-refractivity contribution in [2.75, 3.05) is 24.5 Å². The zero-order valence-electron chi connectivity index (χ0n) is 16.1. The van der Waals surface area contributed by atoms with Crippen LogP contribution in [-0.2, 0) is 4.79 Å². The molecule has 0 unspecified atom stereocenters. The Labute approximate surface area is 151 Å². The highest BCUT2D eigenvalue weighted by Gasteiger charge is 2.32. The van der Waals surface area contributed by atoms with Crippen LogP contribution in [0.1, 0.15) is 39.7 Å². The Morgan fingerprint density at radius 3 is 2.24 bits per heavy atom. The monoisotopic (exact) mass is 345 g/mol. The van der Waals surface area contributed by atoms with Crippen molar-refractivity contribution in [3.8, 4) is 0 Å². The van der Waals surface area contributed by atoms with Gasteiger partial charge in [-0.2, -0.15) is 0 Å². The highest BCUT2D eigenvalue weighted by molar-refractivity contribution is 5.96. The van der Waals surface area contributed by atoms with Crippen LogP contribution in [0.5, 0.6) is 0 Å². The molecule has 1 saturated heterocycles. The van der Waals surface area contributed by atoms with Crippen LogP contribution >= 0.6 is 0 Å². The topological polar surface area (TPSA) is 52.7 Å². The van der Waals surface area contributed by atoms with Crippen molar-refractivity contribution in [1.82, 2.24) is 10.2 Å². The lowest BCUT2D eigenvalue weighted by Crippen LogP contribution is -2.48. The lowest BCUT2D eigenvalue weighted by molar-refractivity contribution is -0.117. The molecule has 3 amide bonds. The molecule has 25 heavy (non-hydrogen) atoms. The minimum atomic E-state index is -0.136. The van der Waals surface area contributed by atoms with E-state index in [9.17, 15) is 9.59 Å². The molecular formula is C20H31N3O2. The number of amides is 3. The Morgan fingerprint density at radius 1 is 1.16 bits per heavy atom. The average molecular weight is 345 g/mol. The summed E-state index contributed by atoms with van der Waals surface area (Å²) in [6, 6.07) is 7.72. The van der Waals surface area contributed by atoms with Gasteiger partial charge in [0.1, 0.15) is 0 Å². The number of hydrogen-bond donors (Lipinski definition) is 1. The van der Waals surface area contributed by atoms with Crippen molar-refractivity contribution in [3.63, 3.8) is 0 Å². The molecule has 1 aromatic carbocycles. The van der Waals surface area contributed by atoms with Gasteiger partial charge in [0.2, 0.25) is 5.91 Å². The number of aryl methyl sites for hydroxylation is 1. The summed E-state index contributed by atoms with van der Waals surface area (Å²) in [6.45, 7) is 12.5. The standard InChI is InChI=1S/C20H31N3O2/c1-14(2)11-22(12-15(3)4)20(25)21-17-10-19(24)23(13-17)18-8-6-16(5)7-9-18/h6-9,14-15,17H,10-13H2,1-5H3,(H,21,25)/t17-/m0/s1. The van der Waals surface area contributed by atoms with Crippen LogP contribution in [0.25, 0.3) is 0 Å². The van der Waals surface area contributed by atoms with E-state index in [1.807, 2.05) is 36.1 Å². The molecule has 1 heterocycles. The summed E-state index contributed by atoms with van der Waals surface area (Å²) in [5.74, 6) is 0.894. The number of benzene rings is 1. The molecular weight excluding hydrogens is 314 g/mol. The third-order valence-electron chi connectivity index (χ3n) is 4.26. The van der Waals surface area contributed by atoms with Gasteiger partial charge >= 0.3 is 6.03 Å². The molecule has 5 nitrogen and oxygen atoms in total. The zero-order chi connectivity index (χ0) is 18.6. The number of urea groups is 1. The fraction of sp³-hybridized carbons (Fsp3) is 0.600. The van der Waals surface area contributed by atoms with Gasteiger partial charge in [0.05, 0.1) is 6.04 Å². The molecule has 1 atom stereocenters. The molecule has 0 spiro atoms. The van der Waals surface area contributed by atoms with Gasteiger partial charge in [-0.25, -0.2) is 4.79 Å². The summed E-state index contributed by atoms with van der Waals surface area (Å²) in [4.78, 5) is 28.6. The third kappa shape index (κ3) is 5.48. The number of nitrogens with zero attached hydrogens (tertiary/aromatic N) is 2. The molecule has 0 saturated carbocycles. The second-order valence-electron chi connectivity index (χ2n) is 7.88. The SMILES string of the molecule is Cc1ccc(N2C[C@@H](NC(=O)N(CC(C)C)CC(C)C)CC2=O)cc1. The van der Waals surface area contributed by atoms with Crippen LogP contribution in [0.15, 0.2) is 24.3 Å². The van der Waals surface area contributed by atoms with E-state index in [1.54, 1.807) is 4.90 Å². The van der Waals surface area contributed by atoms with Crippen LogP contribution in [0.4, 0.5) is 10.5 Å². The van der Waals surface area contributed by atoms with Crippen molar-refractivity contribution in [1.29, 1.82) is 0 Å². The summed E-state index contributed by atoms with van der Waals surface area (Å²) >= 11 is 0. The first-order valence-corrected chi connectivity index (χ1v) is 9.18. The minimum absolute atomic E-state index is 0.0634. The van der Waals surface area contributed by atoms with Crippen molar-refractivity contribution in [2.24, 2.45) is 11.8 Å². The average Bonchev–Trinajstić information content (AvgIpc) is 2.87. The van der Waals surface area contributed by atoms with Crippen molar-refractivity contribution in [2.45, 2.75) is 47.1 Å². The smallest absolute Gasteiger partial charge is 0.317 e. The second kappa shape index (κ2) is 8.37. The Morgan fingerprint density at radius 2 is 1.72 bits per heavy atom. The Bertz CT molecular complexity index is 585. The summed E-state index contributed by atoms with van der Waals surface area (Å²) in [5, 5.41) is 3.06. The first-order valence-electron chi connectivity index (χ1n) is 9.18. The van der Waals surface area contributed by atoms with E-state index in [-0.39, 0.29) is 18.0 Å². The van der Waals surface area contributed by atoms with Crippen LogP contribution in [0, 0.1) is 18.8 Å². The Hall–Kier alpha value is -2.04. The normalized spacial score (nSPS) is 17.5. The van der Waals surface area contributed by atoms with E-state index in [2.05, 4.69) is 33.0 Å². The van der Waals surface area contributed by atoms with Crippen molar-refractivity contribution >= 4 is 17.6 Å². The fourth-order valence-electron chi connectivity index (χ4n) is 3.17. The quantitative estimate of drug-likeness (QED) is 0.859. The molecule has 138 valence electrons. The van der Waals surface area contributed by atoms with Gasteiger partial charge in [0, 0.05) is 31.7 Å². The number of anilines is 1. The maximum atomic E-state index is 12.6. The predicted molar refractivity (Wildman–Crippen MR) is 102 cm³/mol. The number of nitrogens with one attached hydrogen (secondary N) is 1. The third-order valence-corrected chi connectivity index (χ3v) is 4.26. The number of carbonyl (C=O) groups excluding carboxylic acids is 2. The summed E-state index contributed by atoms with van der Waals surface area (Å²) in [7, 11) is 0. The van der Waals surface area contributed by atoms with Gasteiger partial charge in [-0.1, -0.05) is 45.4 Å². The van der Waals surface area contributed by atoms with Gasteiger partial charge in [-0.3, -0.25) is 4.79 Å². The molecule has 1 aliphatic rings. The molecule has 1 fully saturated rings. The molecule has 1 aliphatic heterocycles. The Kier molecular flexibility index (Phi) is 6.45. The molecule has 0 radical (unpaired) electrons. The van der Waals surface area contributed by atoms with Crippen molar-refractivity contribution < 1.29 is 9.59 Å². The second-order valence-corrected chi connectivity index (χ2v) is 7.88. The highest BCUT2D eigenvalue weighted by Crippen LogP contribution is 2.22. The first-order chi connectivity index (χ1) is 11.8. The van der Waals surface area contributed by atoms with E-state index < -0.39 is 0 Å². The van der Waals surface area contributed by atoms with E-state index in [0.29, 0.717) is 24.8 Å². The number of hydrogen-bond acceptors (Lipinski definition) is 2. The Balaban J connectivity index is 1.99. The molecule has 0 bridgehead atoms. The molecule has 0 aliphatic carbocycles. The maximum absolute atomic E-state index is 12.6. The van der Waals surface area contributed by atoms with E-state index in [1.165, 1.54) is 5.56 Å². The summed E-state index contributed by atoms with van der Waals surface area (Å²) in [6.07, 6.45) is 0.358. The summed E-state index contributed by atoms with van der Waals surface area (Å²) in [5.41, 5.74) is 2.06. The van der Waals surface area contributed by atoms with Gasteiger partial charge in [0.25, 0.3) is 0 Å². The lowest BCUT2D eigenvalue weighted by atomic mass is 10.1. The summed E-state index contributed by atoms with van der Waals surface area (Å²) < 4.78 is 0. The highest BCUT2D eigenvalue weighted by atomic mass is 16.2. The number of rotatable bonds is 6. The fourth-order valence-corrected chi connectivity index (χ4v) is 3.17. The predicted octanol–water partition coefficient (Wildman–Crippen LogP) is 3.42. The van der Waals surface area contributed by atoms with Gasteiger partial charge in [-0.05, 0) is 30.9 Å². The molecule has 5 heteroatoms. The first kappa shape index (κ1) is 19.3. The van der Waals surface area contributed by atoms with Crippen LogP contribution in [0.2, 0.25) is 0 Å². The van der Waals surface area contributed by atoms with Gasteiger partial charge in [0.15, 0.2) is 0 Å². The largest absolute Gasteiger partial charge is 0.333 e. The molecule has 1 aromatic rings. The van der Waals surface area contributed by atoms with Crippen LogP contribution in [-0.4, -0.2) is 42.5 Å². The van der Waals surface area contributed by atoms with E-state index in [0.717, 1.165) is 18.8 Å². The minimum Gasteiger partial charge on any atom is -0.333 e. The molecule has 1 N–H and O–H groups in total. The maximum Gasteiger partial charge on any atom is 0.317 e. The van der Waals surface area contributed by atoms with Gasteiger partial charge < -0.3 is 15.1 Å². The zero-order valence-corrected chi connectivity index (χ0v) is 16.1.